The van der Waals surface area contributed by atoms with Crippen LogP contribution in [0, 0.1) is 10.5 Å². The normalized spacial score (nSPS) is 10.1. The molecule has 0 fully saturated rings. The van der Waals surface area contributed by atoms with Gasteiger partial charge in [-0.05, 0) is 47.2 Å². The molecular weight excluding hydrogens is 311 g/mol. The zero-order valence-corrected chi connectivity index (χ0v) is 11.3. The van der Waals surface area contributed by atoms with E-state index in [1.807, 2.05) is 24.3 Å². The van der Waals surface area contributed by atoms with Gasteiger partial charge in [0.15, 0.2) is 0 Å². The second-order valence-corrected chi connectivity index (χ2v) is 4.87. The molecule has 0 aliphatic rings. The van der Waals surface area contributed by atoms with E-state index in [4.69, 9.17) is 4.74 Å². The van der Waals surface area contributed by atoms with Crippen molar-refractivity contribution in [2.75, 3.05) is 0 Å². The van der Waals surface area contributed by atoms with Gasteiger partial charge >= 0.3 is 0 Å². The maximum atomic E-state index is 5.77. The van der Waals surface area contributed by atoms with Crippen LogP contribution in [0.15, 0.2) is 48.5 Å². The smallest absolute Gasteiger partial charge is 0.133 e. The lowest BCUT2D eigenvalue weighted by Gasteiger charge is -2.08. The van der Waals surface area contributed by atoms with Gasteiger partial charge in [0.2, 0.25) is 0 Å². The Morgan fingerprint density at radius 3 is 2.62 bits per heavy atom. The average molecular weight is 324 g/mol. The van der Waals surface area contributed by atoms with Gasteiger partial charge in [0.05, 0.1) is 3.57 Å². The van der Waals surface area contributed by atoms with E-state index in [-0.39, 0.29) is 0 Å². The highest BCUT2D eigenvalue weighted by Crippen LogP contribution is 2.20. The number of hydrogen-bond acceptors (Lipinski definition) is 1. The summed E-state index contributed by atoms with van der Waals surface area (Å²) in [6.45, 7) is 2.72. The summed E-state index contributed by atoms with van der Waals surface area (Å²) < 4.78 is 6.92. The number of para-hydroxylation sites is 1. The third-order valence-electron chi connectivity index (χ3n) is 2.31. The minimum atomic E-state index is 0.627. The largest absolute Gasteiger partial charge is 0.488 e. The zero-order valence-electron chi connectivity index (χ0n) is 9.11. The number of aryl methyl sites for hydroxylation is 1. The molecule has 0 spiro atoms. The summed E-state index contributed by atoms with van der Waals surface area (Å²) in [6.07, 6.45) is 0. The van der Waals surface area contributed by atoms with Crippen LogP contribution in [0.1, 0.15) is 11.1 Å². The predicted molar refractivity (Wildman–Crippen MR) is 74.7 cm³/mol. The number of rotatable bonds is 3. The maximum Gasteiger partial charge on any atom is 0.133 e. The molecule has 0 heterocycles. The summed E-state index contributed by atoms with van der Waals surface area (Å²) in [5, 5.41) is 0. The van der Waals surface area contributed by atoms with Crippen molar-refractivity contribution in [1.29, 1.82) is 0 Å². The van der Waals surface area contributed by atoms with Gasteiger partial charge in [-0.25, -0.2) is 0 Å². The van der Waals surface area contributed by atoms with Crippen molar-refractivity contribution < 1.29 is 4.74 Å². The first kappa shape index (κ1) is 11.5. The number of hydrogen-bond donors (Lipinski definition) is 0. The van der Waals surface area contributed by atoms with Crippen LogP contribution in [0.4, 0.5) is 0 Å². The van der Waals surface area contributed by atoms with Crippen LogP contribution in [0.5, 0.6) is 5.75 Å². The molecule has 0 aliphatic heterocycles. The highest BCUT2D eigenvalue weighted by atomic mass is 127. The molecule has 2 heteroatoms. The lowest BCUT2D eigenvalue weighted by molar-refractivity contribution is 0.304. The molecule has 0 radical (unpaired) electrons. The van der Waals surface area contributed by atoms with Gasteiger partial charge in [-0.2, -0.15) is 0 Å². The number of benzene rings is 2. The van der Waals surface area contributed by atoms with E-state index < -0.39 is 0 Å². The average Bonchev–Trinajstić information content (AvgIpc) is 2.28. The number of halogens is 1. The van der Waals surface area contributed by atoms with Crippen molar-refractivity contribution >= 4 is 22.6 Å². The first-order valence-corrected chi connectivity index (χ1v) is 6.26. The third-order valence-corrected chi connectivity index (χ3v) is 3.20. The molecule has 0 atom stereocenters. The second kappa shape index (κ2) is 5.34. The van der Waals surface area contributed by atoms with Crippen LogP contribution in [0.25, 0.3) is 0 Å². The van der Waals surface area contributed by atoms with Gasteiger partial charge in [0, 0.05) is 0 Å². The standard InChI is InChI=1S/C14H13IO/c1-11-5-4-6-12(9-11)10-16-14-8-3-2-7-13(14)15/h2-9H,10H2,1H3. The monoisotopic (exact) mass is 324 g/mol. The van der Waals surface area contributed by atoms with E-state index in [1.54, 1.807) is 0 Å². The molecule has 82 valence electrons. The summed E-state index contributed by atoms with van der Waals surface area (Å²) in [5.74, 6) is 0.949. The summed E-state index contributed by atoms with van der Waals surface area (Å²) in [7, 11) is 0. The van der Waals surface area contributed by atoms with E-state index in [9.17, 15) is 0 Å². The summed E-state index contributed by atoms with van der Waals surface area (Å²) in [5.41, 5.74) is 2.48. The third kappa shape index (κ3) is 2.98. The summed E-state index contributed by atoms with van der Waals surface area (Å²) >= 11 is 2.28. The molecule has 0 unspecified atom stereocenters. The Labute approximate surface area is 110 Å². The first-order valence-electron chi connectivity index (χ1n) is 5.18. The Balaban J connectivity index is 2.05. The van der Waals surface area contributed by atoms with Crippen LogP contribution in [-0.2, 0) is 6.61 Å². The van der Waals surface area contributed by atoms with Crippen LogP contribution >= 0.6 is 22.6 Å². The van der Waals surface area contributed by atoms with Gasteiger partial charge in [-0.3, -0.25) is 0 Å². The molecule has 0 aromatic heterocycles. The van der Waals surface area contributed by atoms with Crippen molar-refractivity contribution in [3.63, 3.8) is 0 Å². The van der Waals surface area contributed by atoms with Gasteiger partial charge in [0.1, 0.15) is 12.4 Å². The molecule has 0 amide bonds. The highest BCUT2D eigenvalue weighted by Gasteiger charge is 1.99. The molecular formula is C14H13IO. The van der Waals surface area contributed by atoms with Gasteiger partial charge in [0.25, 0.3) is 0 Å². The molecule has 2 rings (SSSR count). The van der Waals surface area contributed by atoms with Crippen LogP contribution in [0.2, 0.25) is 0 Å². The molecule has 2 aromatic carbocycles. The first-order chi connectivity index (χ1) is 7.75. The van der Waals surface area contributed by atoms with Crippen molar-refractivity contribution in [3.05, 3.63) is 63.2 Å². The predicted octanol–water partition coefficient (Wildman–Crippen LogP) is 4.18. The zero-order chi connectivity index (χ0) is 11.4. The summed E-state index contributed by atoms with van der Waals surface area (Å²) in [6, 6.07) is 16.4. The molecule has 1 nitrogen and oxygen atoms in total. The van der Waals surface area contributed by atoms with E-state index in [0.29, 0.717) is 6.61 Å². The van der Waals surface area contributed by atoms with Crippen LogP contribution in [0.3, 0.4) is 0 Å². The van der Waals surface area contributed by atoms with Crippen molar-refractivity contribution in [2.24, 2.45) is 0 Å². The molecule has 0 saturated heterocycles. The Hall–Kier alpha value is -1.03. The maximum absolute atomic E-state index is 5.77. The molecule has 0 saturated carbocycles. The highest BCUT2D eigenvalue weighted by molar-refractivity contribution is 14.1. The number of ether oxygens (including phenoxy) is 1. The van der Waals surface area contributed by atoms with Crippen LogP contribution < -0.4 is 4.74 Å². The molecule has 16 heavy (non-hydrogen) atoms. The van der Waals surface area contributed by atoms with Gasteiger partial charge in [-0.1, -0.05) is 42.0 Å². The lowest BCUT2D eigenvalue weighted by Crippen LogP contribution is -1.96. The van der Waals surface area contributed by atoms with Crippen LogP contribution in [-0.4, -0.2) is 0 Å². The Kier molecular flexibility index (Phi) is 3.83. The Morgan fingerprint density at radius 2 is 1.88 bits per heavy atom. The van der Waals surface area contributed by atoms with E-state index >= 15 is 0 Å². The minimum Gasteiger partial charge on any atom is -0.488 e. The fourth-order valence-electron chi connectivity index (χ4n) is 1.52. The lowest BCUT2D eigenvalue weighted by atomic mass is 10.1. The van der Waals surface area contributed by atoms with E-state index in [0.717, 1.165) is 9.32 Å². The molecule has 2 aromatic rings. The molecule has 0 bridgehead atoms. The molecule has 0 aliphatic carbocycles. The fraction of sp³-hybridized carbons (Fsp3) is 0.143. The summed E-state index contributed by atoms with van der Waals surface area (Å²) in [4.78, 5) is 0. The SMILES string of the molecule is Cc1cccc(COc2ccccc2I)c1. The Morgan fingerprint density at radius 1 is 1.06 bits per heavy atom. The van der Waals surface area contributed by atoms with Crippen molar-refractivity contribution in [1.82, 2.24) is 0 Å². The molecule has 0 N–H and O–H groups in total. The van der Waals surface area contributed by atoms with Gasteiger partial charge < -0.3 is 4.74 Å². The van der Waals surface area contributed by atoms with E-state index in [1.165, 1.54) is 11.1 Å². The minimum absolute atomic E-state index is 0.627. The second-order valence-electron chi connectivity index (χ2n) is 3.71. The van der Waals surface area contributed by atoms with Crippen molar-refractivity contribution in [2.45, 2.75) is 13.5 Å². The fourth-order valence-corrected chi connectivity index (χ4v) is 2.07. The van der Waals surface area contributed by atoms with Gasteiger partial charge in [-0.15, -0.1) is 0 Å². The Bertz CT molecular complexity index is 480. The topological polar surface area (TPSA) is 9.23 Å². The van der Waals surface area contributed by atoms with Crippen molar-refractivity contribution in [3.8, 4) is 5.75 Å². The quantitative estimate of drug-likeness (QED) is 0.770. The van der Waals surface area contributed by atoms with E-state index in [2.05, 4.69) is 53.8 Å².